The summed E-state index contributed by atoms with van der Waals surface area (Å²) in [5.74, 6) is 0. The van der Waals surface area contributed by atoms with E-state index in [-0.39, 0.29) is 18.3 Å². The molecule has 0 aromatic heterocycles. The molecule has 1 atom stereocenters. The van der Waals surface area contributed by atoms with Crippen molar-refractivity contribution in [2.75, 3.05) is 6.61 Å². The van der Waals surface area contributed by atoms with Crippen LogP contribution in [0.15, 0.2) is 28.7 Å². The van der Waals surface area contributed by atoms with Crippen LogP contribution >= 0.6 is 15.9 Å². The van der Waals surface area contributed by atoms with Crippen LogP contribution in [0.3, 0.4) is 0 Å². The van der Waals surface area contributed by atoms with E-state index in [4.69, 9.17) is 14.0 Å². The Hall–Kier alpha value is -0.355. The second kappa shape index (κ2) is 6.18. The van der Waals surface area contributed by atoms with Crippen LogP contribution in [0.2, 0.25) is 0 Å². The van der Waals surface area contributed by atoms with Gasteiger partial charge < -0.3 is 14.0 Å². The van der Waals surface area contributed by atoms with Crippen LogP contribution in [0.25, 0.3) is 0 Å². The Labute approximate surface area is 148 Å². The fourth-order valence-corrected chi connectivity index (χ4v) is 3.55. The van der Waals surface area contributed by atoms with E-state index in [9.17, 15) is 0 Å². The normalized spacial score (nSPS) is 29.7. The number of halogens is 1. The minimum atomic E-state index is -0.392. The lowest BCUT2D eigenvalue weighted by Gasteiger charge is -2.38. The van der Waals surface area contributed by atoms with E-state index in [1.807, 2.05) is 0 Å². The van der Waals surface area contributed by atoms with Gasteiger partial charge in [0.25, 0.3) is 0 Å². The molecule has 0 bridgehead atoms. The molecule has 0 amide bonds. The predicted octanol–water partition coefficient (Wildman–Crippen LogP) is 4.56. The van der Waals surface area contributed by atoms with E-state index < -0.39 is 5.50 Å². The fourth-order valence-electron chi connectivity index (χ4n) is 3.29. The summed E-state index contributed by atoms with van der Waals surface area (Å²) in [6.07, 6.45) is 4.05. The monoisotopic (exact) mass is 380 g/mol. The van der Waals surface area contributed by atoms with Crippen LogP contribution in [-0.2, 0) is 20.5 Å². The zero-order valence-corrected chi connectivity index (χ0v) is 16.1. The lowest BCUT2D eigenvalue weighted by atomic mass is 9.60. The maximum atomic E-state index is 6.35. The highest BCUT2D eigenvalue weighted by atomic mass is 79.9. The summed E-state index contributed by atoms with van der Waals surface area (Å²) in [7, 11) is -0.323. The molecule has 2 aliphatic heterocycles. The molecular weight excluding hydrogens is 355 g/mol. The van der Waals surface area contributed by atoms with Crippen molar-refractivity contribution in [3.05, 3.63) is 34.3 Å². The molecule has 5 heteroatoms. The number of ether oxygens (including phenoxy) is 1. The van der Waals surface area contributed by atoms with Gasteiger partial charge in [0.15, 0.2) is 0 Å². The molecule has 0 unspecified atom stereocenters. The van der Waals surface area contributed by atoms with E-state index in [0.29, 0.717) is 0 Å². The summed E-state index contributed by atoms with van der Waals surface area (Å²) in [4.78, 5) is 0. The van der Waals surface area contributed by atoms with Crippen LogP contribution in [0, 0.1) is 0 Å². The Bertz CT molecular complexity index is 534. The Morgan fingerprint density at radius 2 is 1.61 bits per heavy atom. The zero-order chi connectivity index (χ0) is 16.7. The number of benzene rings is 1. The third kappa shape index (κ3) is 3.39. The van der Waals surface area contributed by atoms with E-state index >= 15 is 0 Å². The van der Waals surface area contributed by atoms with E-state index in [2.05, 4.69) is 67.9 Å². The maximum Gasteiger partial charge on any atom is 0.492 e. The number of rotatable bonds is 3. The molecule has 0 aliphatic carbocycles. The summed E-state index contributed by atoms with van der Waals surface area (Å²) in [5, 5.41) is 0. The van der Waals surface area contributed by atoms with Gasteiger partial charge in [-0.15, -0.1) is 0 Å². The van der Waals surface area contributed by atoms with E-state index in [0.717, 1.165) is 36.8 Å². The standard InChI is InChI=1S/C18H26BBrO3/c1-16(2)17(3,4)23-19(22-16)18(11-5-6-12-21-18)13-14-7-9-15(20)10-8-14/h7-10H,5-6,11-13H2,1-4H3/t18-/m1/s1. The Kier molecular flexibility index (Phi) is 4.69. The van der Waals surface area contributed by atoms with Crippen LogP contribution in [0.1, 0.15) is 52.5 Å². The summed E-state index contributed by atoms with van der Waals surface area (Å²) < 4.78 is 20.1. The molecule has 0 radical (unpaired) electrons. The van der Waals surface area contributed by atoms with Gasteiger partial charge in [0, 0.05) is 11.1 Å². The van der Waals surface area contributed by atoms with Crippen molar-refractivity contribution in [2.24, 2.45) is 0 Å². The first-order chi connectivity index (χ1) is 10.7. The van der Waals surface area contributed by atoms with Gasteiger partial charge in [-0.25, -0.2) is 0 Å². The second-order valence-corrected chi connectivity index (χ2v) is 8.68. The first-order valence-corrected chi connectivity index (χ1v) is 9.28. The van der Waals surface area contributed by atoms with Crippen molar-refractivity contribution in [3.8, 4) is 0 Å². The van der Waals surface area contributed by atoms with Gasteiger partial charge in [-0.1, -0.05) is 28.1 Å². The van der Waals surface area contributed by atoms with Crippen LogP contribution in [0.4, 0.5) is 0 Å². The smallest absolute Gasteiger partial charge is 0.401 e. The van der Waals surface area contributed by atoms with E-state index in [1.54, 1.807) is 0 Å². The van der Waals surface area contributed by atoms with Crippen LogP contribution in [0.5, 0.6) is 0 Å². The summed E-state index contributed by atoms with van der Waals surface area (Å²) in [5.41, 5.74) is 0.206. The summed E-state index contributed by atoms with van der Waals surface area (Å²) in [6.45, 7) is 9.18. The van der Waals surface area contributed by atoms with Crippen molar-refractivity contribution in [1.29, 1.82) is 0 Å². The molecule has 0 spiro atoms. The molecule has 2 saturated heterocycles. The van der Waals surface area contributed by atoms with Gasteiger partial charge in [-0.05, 0) is 71.1 Å². The highest BCUT2D eigenvalue weighted by molar-refractivity contribution is 9.10. The quantitative estimate of drug-likeness (QED) is 0.719. The Morgan fingerprint density at radius 3 is 2.13 bits per heavy atom. The number of hydrogen-bond acceptors (Lipinski definition) is 3. The molecule has 1 aromatic carbocycles. The van der Waals surface area contributed by atoms with Crippen molar-refractivity contribution >= 4 is 23.0 Å². The summed E-state index contributed by atoms with van der Waals surface area (Å²) in [6, 6.07) is 8.45. The minimum absolute atomic E-state index is 0.323. The number of hydrogen-bond donors (Lipinski definition) is 0. The molecule has 3 nitrogen and oxygen atoms in total. The van der Waals surface area contributed by atoms with Gasteiger partial charge in [0.2, 0.25) is 0 Å². The van der Waals surface area contributed by atoms with Crippen molar-refractivity contribution in [3.63, 3.8) is 0 Å². The fraction of sp³-hybridized carbons (Fsp3) is 0.667. The average molecular weight is 381 g/mol. The van der Waals surface area contributed by atoms with Gasteiger partial charge in [-0.2, -0.15) is 0 Å². The SMILES string of the molecule is CC1(C)OB([C@]2(Cc3ccc(Br)cc3)CCCCO2)OC1(C)C. The molecule has 0 N–H and O–H groups in total. The largest absolute Gasteiger partial charge is 0.492 e. The first-order valence-electron chi connectivity index (χ1n) is 8.48. The van der Waals surface area contributed by atoms with E-state index in [1.165, 1.54) is 5.56 Å². The summed E-state index contributed by atoms with van der Waals surface area (Å²) >= 11 is 3.50. The molecule has 23 heavy (non-hydrogen) atoms. The molecule has 2 heterocycles. The highest BCUT2D eigenvalue weighted by Crippen LogP contribution is 2.44. The first kappa shape index (κ1) is 17.5. The van der Waals surface area contributed by atoms with Gasteiger partial charge in [-0.3, -0.25) is 0 Å². The molecule has 2 fully saturated rings. The van der Waals surface area contributed by atoms with Gasteiger partial charge in [0.05, 0.1) is 11.2 Å². The lowest BCUT2D eigenvalue weighted by molar-refractivity contribution is -0.0449. The Balaban J connectivity index is 1.87. The molecule has 126 valence electrons. The van der Waals surface area contributed by atoms with Crippen LogP contribution < -0.4 is 0 Å². The minimum Gasteiger partial charge on any atom is -0.401 e. The van der Waals surface area contributed by atoms with Gasteiger partial charge >= 0.3 is 7.12 Å². The molecular formula is C18H26BBrO3. The maximum absolute atomic E-state index is 6.35. The van der Waals surface area contributed by atoms with Crippen LogP contribution in [-0.4, -0.2) is 30.4 Å². The average Bonchev–Trinajstić information content (AvgIpc) is 2.72. The topological polar surface area (TPSA) is 27.7 Å². The predicted molar refractivity (Wildman–Crippen MR) is 96.5 cm³/mol. The molecule has 3 rings (SSSR count). The van der Waals surface area contributed by atoms with Gasteiger partial charge in [0.1, 0.15) is 5.50 Å². The molecule has 0 saturated carbocycles. The molecule has 1 aromatic rings. The van der Waals surface area contributed by atoms with Crippen molar-refractivity contribution < 1.29 is 14.0 Å². The highest BCUT2D eigenvalue weighted by Gasteiger charge is 2.60. The zero-order valence-electron chi connectivity index (χ0n) is 14.5. The third-order valence-corrected chi connectivity index (χ3v) is 6.01. The Morgan fingerprint density at radius 1 is 1.00 bits per heavy atom. The third-order valence-electron chi connectivity index (χ3n) is 5.48. The van der Waals surface area contributed by atoms with Crippen molar-refractivity contribution in [2.45, 2.75) is 70.1 Å². The molecule has 2 aliphatic rings. The van der Waals surface area contributed by atoms with Crippen molar-refractivity contribution in [1.82, 2.24) is 0 Å². The lowest BCUT2D eigenvalue weighted by Crippen LogP contribution is -2.54. The second-order valence-electron chi connectivity index (χ2n) is 7.76.